The van der Waals surface area contributed by atoms with Gasteiger partial charge in [-0.2, -0.15) is 0 Å². The van der Waals surface area contributed by atoms with Gasteiger partial charge in [0.05, 0.1) is 44.0 Å². The number of alkyl halides is 2. The lowest BCUT2D eigenvalue weighted by molar-refractivity contribution is -0.125. The van der Waals surface area contributed by atoms with Gasteiger partial charge in [-0.05, 0) is 55.0 Å². The number of likely N-dealkylation sites (tertiary alicyclic amines) is 1. The van der Waals surface area contributed by atoms with Crippen molar-refractivity contribution in [2.75, 3.05) is 38.7 Å². The molecule has 0 aliphatic carbocycles. The Morgan fingerprint density at radius 1 is 1.10 bits per heavy atom. The number of nitrogens with zero attached hydrogens (tertiary/aromatic N) is 3. The van der Waals surface area contributed by atoms with Crippen LogP contribution >= 0.6 is 0 Å². The van der Waals surface area contributed by atoms with Crippen molar-refractivity contribution >= 4 is 11.7 Å². The van der Waals surface area contributed by atoms with Crippen molar-refractivity contribution < 1.29 is 36.9 Å². The van der Waals surface area contributed by atoms with Crippen LogP contribution in [-0.2, 0) is 14.3 Å². The molecular weight excluding hydrogens is 529 g/mol. The van der Waals surface area contributed by atoms with E-state index >= 15 is 8.78 Å². The van der Waals surface area contributed by atoms with Gasteiger partial charge in [0.1, 0.15) is 23.1 Å². The fraction of sp³-hybridized carbons (Fsp3) is 0.393. The molecule has 2 saturated heterocycles. The number of anilines is 1. The minimum atomic E-state index is -3.00. The van der Waals surface area contributed by atoms with Gasteiger partial charge in [-0.15, -0.1) is 0 Å². The van der Waals surface area contributed by atoms with Crippen LogP contribution in [0.25, 0.3) is 0 Å². The van der Waals surface area contributed by atoms with Crippen LogP contribution in [0.2, 0.25) is 0 Å². The summed E-state index contributed by atoms with van der Waals surface area (Å²) in [4.78, 5) is 23.2. The molecule has 40 heavy (non-hydrogen) atoms. The zero-order chi connectivity index (χ0) is 28.3. The van der Waals surface area contributed by atoms with Gasteiger partial charge >= 0.3 is 0 Å². The number of piperidine rings is 1. The van der Waals surface area contributed by atoms with E-state index < -0.39 is 30.6 Å². The minimum Gasteiger partial charge on any atom is -0.481 e. The highest BCUT2D eigenvalue weighted by atomic mass is 19.3. The first kappa shape index (κ1) is 27.8. The molecule has 212 valence electrons. The van der Waals surface area contributed by atoms with Crippen molar-refractivity contribution in [1.29, 1.82) is 0 Å². The summed E-state index contributed by atoms with van der Waals surface area (Å²) in [6.45, 7) is 2.42. The Morgan fingerprint density at radius 3 is 2.50 bits per heavy atom. The van der Waals surface area contributed by atoms with Gasteiger partial charge in [0.25, 0.3) is 5.92 Å². The van der Waals surface area contributed by atoms with E-state index in [4.69, 9.17) is 18.9 Å². The fourth-order valence-electron chi connectivity index (χ4n) is 4.73. The van der Waals surface area contributed by atoms with Crippen molar-refractivity contribution in [3.8, 4) is 17.4 Å². The van der Waals surface area contributed by atoms with E-state index in [2.05, 4.69) is 15.3 Å². The molecule has 12 heteroatoms. The molecule has 2 unspecified atom stereocenters. The molecule has 0 spiro atoms. The lowest BCUT2D eigenvalue weighted by atomic mass is 9.86. The Kier molecular flexibility index (Phi) is 8.19. The summed E-state index contributed by atoms with van der Waals surface area (Å²) < 4.78 is 65.4. The topological polar surface area (TPSA) is 95.0 Å². The van der Waals surface area contributed by atoms with Crippen LogP contribution in [-0.4, -0.2) is 66.2 Å². The average Bonchev–Trinajstić information content (AvgIpc) is 3.49. The van der Waals surface area contributed by atoms with Gasteiger partial charge in [0, 0.05) is 25.7 Å². The highest BCUT2D eigenvalue weighted by Crippen LogP contribution is 2.42. The zero-order valence-corrected chi connectivity index (χ0v) is 22.0. The second-order valence-corrected chi connectivity index (χ2v) is 9.60. The number of carbonyl (C=O) groups is 1. The second kappa shape index (κ2) is 11.8. The highest BCUT2D eigenvalue weighted by molar-refractivity contribution is 5.93. The summed E-state index contributed by atoms with van der Waals surface area (Å²) in [5.41, 5.74) is 0.768. The highest BCUT2D eigenvalue weighted by Gasteiger charge is 2.47. The predicted octanol–water partition coefficient (Wildman–Crippen LogP) is 4.91. The summed E-state index contributed by atoms with van der Waals surface area (Å²) in [6.07, 6.45) is 1.65. The molecule has 2 fully saturated rings. The molecule has 1 aromatic carbocycles. The Bertz CT molecular complexity index is 1320. The summed E-state index contributed by atoms with van der Waals surface area (Å²) in [6, 6.07) is 9.60. The minimum absolute atomic E-state index is 0.0429. The van der Waals surface area contributed by atoms with Crippen LogP contribution in [0.15, 0.2) is 54.9 Å². The van der Waals surface area contributed by atoms with E-state index in [1.807, 2.05) is 0 Å². The van der Waals surface area contributed by atoms with Crippen LogP contribution in [0.1, 0.15) is 36.7 Å². The first-order valence-corrected chi connectivity index (χ1v) is 12.8. The van der Waals surface area contributed by atoms with Crippen molar-refractivity contribution in [3.63, 3.8) is 0 Å². The van der Waals surface area contributed by atoms with Gasteiger partial charge < -0.3 is 24.3 Å². The van der Waals surface area contributed by atoms with Crippen molar-refractivity contribution in [3.05, 3.63) is 71.8 Å². The molecule has 3 aromatic rings. The van der Waals surface area contributed by atoms with E-state index in [9.17, 15) is 9.18 Å². The van der Waals surface area contributed by atoms with Crippen molar-refractivity contribution in [1.82, 2.24) is 14.9 Å². The van der Waals surface area contributed by atoms with Gasteiger partial charge in [0.15, 0.2) is 6.29 Å². The lowest BCUT2D eigenvalue weighted by Gasteiger charge is -2.40. The molecule has 5 rings (SSSR count). The number of benzene rings is 1. The molecule has 0 bridgehead atoms. The SMILES string of the molecule is COc1ncc(C2CN(C(C)C(=O)Nc3ccc(Oc4ccc(F)cc4)cn3)CCC2(F)F)cc1C1OCCO1. The Labute approximate surface area is 229 Å². The number of rotatable bonds is 8. The Balaban J connectivity index is 1.25. The number of nitrogens with one attached hydrogen (secondary N) is 1. The lowest BCUT2D eigenvalue weighted by Crippen LogP contribution is -2.52. The summed E-state index contributed by atoms with van der Waals surface area (Å²) >= 11 is 0. The number of halogens is 3. The number of pyridine rings is 2. The largest absolute Gasteiger partial charge is 0.481 e. The van der Waals surface area contributed by atoms with Crippen LogP contribution in [0.5, 0.6) is 17.4 Å². The Hall–Kier alpha value is -3.74. The third-order valence-electron chi connectivity index (χ3n) is 6.99. The smallest absolute Gasteiger partial charge is 0.257 e. The number of amides is 1. The first-order valence-electron chi connectivity index (χ1n) is 12.8. The van der Waals surface area contributed by atoms with Crippen molar-refractivity contribution in [2.24, 2.45) is 0 Å². The average molecular weight is 559 g/mol. The molecule has 1 N–H and O–H groups in total. The summed E-state index contributed by atoms with van der Waals surface area (Å²) in [5, 5.41) is 2.73. The molecule has 2 aliphatic rings. The number of methoxy groups -OCH3 is 1. The number of hydrogen-bond donors (Lipinski definition) is 1. The van der Waals surface area contributed by atoms with Gasteiger partial charge in [-0.25, -0.2) is 23.1 Å². The van der Waals surface area contributed by atoms with Crippen LogP contribution < -0.4 is 14.8 Å². The number of hydrogen-bond acceptors (Lipinski definition) is 8. The maximum atomic E-state index is 15.2. The number of aromatic nitrogens is 2. The quantitative estimate of drug-likeness (QED) is 0.417. The van der Waals surface area contributed by atoms with Gasteiger partial charge in [0.2, 0.25) is 11.8 Å². The molecule has 0 radical (unpaired) electrons. The summed E-state index contributed by atoms with van der Waals surface area (Å²) in [7, 11) is 1.44. The first-order chi connectivity index (χ1) is 19.2. The van der Waals surface area contributed by atoms with E-state index in [-0.39, 0.29) is 36.5 Å². The summed E-state index contributed by atoms with van der Waals surface area (Å²) in [5.74, 6) is -3.59. The molecule has 2 atom stereocenters. The zero-order valence-electron chi connectivity index (χ0n) is 22.0. The monoisotopic (exact) mass is 558 g/mol. The third-order valence-corrected chi connectivity index (χ3v) is 6.99. The Morgan fingerprint density at radius 2 is 1.82 bits per heavy atom. The predicted molar refractivity (Wildman–Crippen MR) is 138 cm³/mol. The van der Waals surface area contributed by atoms with Crippen LogP contribution in [0.3, 0.4) is 0 Å². The fourth-order valence-corrected chi connectivity index (χ4v) is 4.73. The molecule has 2 aromatic heterocycles. The van der Waals surface area contributed by atoms with E-state index in [0.717, 1.165) is 0 Å². The number of ether oxygens (including phenoxy) is 4. The van der Waals surface area contributed by atoms with Crippen LogP contribution in [0.4, 0.5) is 19.0 Å². The molecule has 1 amide bonds. The van der Waals surface area contributed by atoms with Crippen LogP contribution in [0, 0.1) is 5.82 Å². The number of carbonyl (C=O) groups excluding carboxylic acids is 1. The molecular formula is C28H29F3N4O5. The van der Waals surface area contributed by atoms with E-state index in [0.29, 0.717) is 35.8 Å². The maximum Gasteiger partial charge on any atom is 0.257 e. The molecule has 9 nitrogen and oxygen atoms in total. The molecule has 4 heterocycles. The third kappa shape index (κ3) is 6.19. The standard InChI is InChI=1S/C28H29F3N4O5/c1-17(25(36)34-24-8-7-21(15-32-24)40-20-5-3-19(29)4-6-20)35-10-9-28(30,31)23(16-35)18-13-22(26(37-2)33-14-18)27-38-11-12-39-27/h3-8,13-15,17,23,27H,9-12,16H2,1-2H3,(H,32,34,36). The maximum absolute atomic E-state index is 15.2. The van der Waals surface area contributed by atoms with Gasteiger partial charge in [-0.1, -0.05) is 0 Å². The van der Waals surface area contributed by atoms with E-state index in [1.54, 1.807) is 30.0 Å². The molecule has 2 aliphatic heterocycles. The van der Waals surface area contributed by atoms with Crippen molar-refractivity contribution in [2.45, 2.75) is 37.5 Å². The normalized spacial score (nSPS) is 20.2. The molecule has 0 saturated carbocycles. The van der Waals surface area contributed by atoms with E-state index in [1.165, 1.54) is 43.8 Å². The van der Waals surface area contributed by atoms with Gasteiger partial charge in [-0.3, -0.25) is 9.69 Å². The second-order valence-electron chi connectivity index (χ2n) is 9.60.